The maximum absolute atomic E-state index is 12.3. The molecular weight excluding hydrogens is 368 g/mol. The van der Waals surface area contributed by atoms with E-state index in [-0.39, 0.29) is 17.2 Å². The molecule has 0 heterocycles. The highest BCUT2D eigenvalue weighted by Gasteiger charge is 2.15. The lowest BCUT2D eigenvalue weighted by Crippen LogP contribution is -2.27. The highest BCUT2D eigenvalue weighted by atomic mass is 32.2. The van der Waals surface area contributed by atoms with Gasteiger partial charge in [0.2, 0.25) is 10.0 Å². The average Bonchev–Trinajstić information content (AvgIpc) is 2.60. The van der Waals surface area contributed by atoms with Crippen LogP contribution in [0.5, 0.6) is 0 Å². The molecule has 0 saturated carbocycles. The summed E-state index contributed by atoms with van der Waals surface area (Å²) >= 11 is 0. The number of carboxylic acid groups (broad SMARTS) is 1. The van der Waals surface area contributed by atoms with Crippen LogP contribution in [0.2, 0.25) is 0 Å². The summed E-state index contributed by atoms with van der Waals surface area (Å²) in [6.45, 7) is 4.14. The third kappa shape index (κ3) is 6.19. The fourth-order valence-corrected chi connectivity index (χ4v) is 3.50. The van der Waals surface area contributed by atoms with Crippen molar-refractivity contribution in [1.29, 1.82) is 0 Å². The fourth-order valence-electron chi connectivity index (χ4n) is 2.28. The van der Waals surface area contributed by atoms with Crippen molar-refractivity contribution in [2.45, 2.75) is 25.2 Å². The average molecular weight is 390 g/mol. The Bertz CT molecular complexity index is 921. The number of hydrogen-bond donors (Lipinski definition) is 3. The van der Waals surface area contributed by atoms with Crippen molar-refractivity contribution >= 4 is 27.6 Å². The van der Waals surface area contributed by atoms with Gasteiger partial charge in [-0.3, -0.25) is 9.59 Å². The Morgan fingerprint density at radius 3 is 2.33 bits per heavy atom. The van der Waals surface area contributed by atoms with Gasteiger partial charge in [-0.2, -0.15) is 0 Å². The van der Waals surface area contributed by atoms with Gasteiger partial charge in [-0.15, -0.1) is 0 Å². The van der Waals surface area contributed by atoms with Crippen molar-refractivity contribution in [2.24, 2.45) is 5.92 Å². The first-order chi connectivity index (χ1) is 12.7. The van der Waals surface area contributed by atoms with Gasteiger partial charge in [-0.05, 0) is 47.9 Å². The van der Waals surface area contributed by atoms with E-state index >= 15 is 0 Å². The summed E-state index contributed by atoms with van der Waals surface area (Å²) in [6, 6.07) is 12.2. The van der Waals surface area contributed by atoms with Crippen LogP contribution in [0.25, 0.3) is 0 Å². The number of carboxylic acids is 1. The Hall–Kier alpha value is -2.71. The number of carbonyl (C=O) groups is 2. The number of sulfonamides is 1. The fraction of sp³-hybridized carbons (Fsp3) is 0.263. The number of aliphatic carboxylic acids is 1. The van der Waals surface area contributed by atoms with Crippen LogP contribution in [0.1, 0.15) is 29.8 Å². The van der Waals surface area contributed by atoms with E-state index in [1.165, 1.54) is 24.3 Å². The van der Waals surface area contributed by atoms with Crippen LogP contribution >= 0.6 is 0 Å². The van der Waals surface area contributed by atoms with Gasteiger partial charge in [-0.25, -0.2) is 13.1 Å². The molecule has 144 valence electrons. The molecule has 1 amide bonds. The van der Waals surface area contributed by atoms with Crippen LogP contribution < -0.4 is 10.0 Å². The third-order valence-electron chi connectivity index (χ3n) is 3.65. The molecule has 0 aromatic heterocycles. The molecule has 0 spiro atoms. The Kier molecular flexibility index (Phi) is 6.70. The van der Waals surface area contributed by atoms with E-state index in [0.29, 0.717) is 23.4 Å². The van der Waals surface area contributed by atoms with E-state index in [0.717, 1.165) is 0 Å². The zero-order valence-corrected chi connectivity index (χ0v) is 15.9. The zero-order valence-electron chi connectivity index (χ0n) is 15.1. The molecule has 2 aromatic rings. The normalized spacial score (nSPS) is 11.4. The summed E-state index contributed by atoms with van der Waals surface area (Å²) in [5.41, 5.74) is 1.33. The predicted molar refractivity (Wildman–Crippen MR) is 102 cm³/mol. The van der Waals surface area contributed by atoms with Crippen molar-refractivity contribution in [3.8, 4) is 0 Å². The SMILES string of the molecule is CC(C)CNS(=O)(=O)c1ccc(C(=O)Nc2cccc(CC(=O)O)c2)cc1. The van der Waals surface area contributed by atoms with Crippen molar-refractivity contribution in [3.05, 3.63) is 59.7 Å². The Labute approximate surface area is 158 Å². The van der Waals surface area contributed by atoms with Crippen LogP contribution in [-0.4, -0.2) is 31.9 Å². The molecule has 0 aliphatic carbocycles. The Balaban J connectivity index is 2.09. The number of rotatable bonds is 8. The number of anilines is 1. The van der Waals surface area contributed by atoms with Gasteiger partial charge >= 0.3 is 5.97 Å². The minimum Gasteiger partial charge on any atom is -0.481 e. The number of hydrogen-bond acceptors (Lipinski definition) is 4. The lowest BCUT2D eigenvalue weighted by molar-refractivity contribution is -0.136. The first-order valence-electron chi connectivity index (χ1n) is 8.39. The maximum atomic E-state index is 12.3. The molecule has 0 saturated heterocycles. The molecule has 2 aromatic carbocycles. The Morgan fingerprint density at radius 1 is 1.07 bits per heavy atom. The molecule has 0 atom stereocenters. The van der Waals surface area contributed by atoms with E-state index in [1.54, 1.807) is 24.3 Å². The second-order valence-corrected chi connectivity index (χ2v) is 8.26. The standard InChI is InChI=1S/C19H22N2O5S/c1-13(2)12-20-27(25,26)17-8-6-15(7-9-17)19(24)21-16-5-3-4-14(10-16)11-18(22)23/h3-10,13,20H,11-12H2,1-2H3,(H,21,24)(H,22,23). The summed E-state index contributed by atoms with van der Waals surface area (Å²) in [5.74, 6) is -1.19. The first kappa shape index (κ1) is 20.6. The number of nitrogens with one attached hydrogen (secondary N) is 2. The van der Waals surface area contributed by atoms with Gasteiger partial charge in [0.05, 0.1) is 11.3 Å². The van der Waals surface area contributed by atoms with Gasteiger partial charge in [0.15, 0.2) is 0 Å². The van der Waals surface area contributed by atoms with E-state index in [1.807, 2.05) is 13.8 Å². The van der Waals surface area contributed by atoms with E-state index < -0.39 is 21.9 Å². The van der Waals surface area contributed by atoms with Gasteiger partial charge in [0.25, 0.3) is 5.91 Å². The van der Waals surface area contributed by atoms with Crippen molar-refractivity contribution in [2.75, 3.05) is 11.9 Å². The van der Waals surface area contributed by atoms with E-state index in [4.69, 9.17) is 5.11 Å². The quantitative estimate of drug-likeness (QED) is 0.641. The second kappa shape index (κ2) is 8.79. The van der Waals surface area contributed by atoms with Crippen LogP contribution in [-0.2, 0) is 21.2 Å². The predicted octanol–water partition coefficient (Wildman–Crippen LogP) is 2.50. The van der Waals surface area contributed by atoms with Crippen molar-refractivity contribution < 1.29 is 23.1 Å². The van der Waals surface area contributed by atoms with Crippen LogP contribution in [0.4, 0.5) is 5.69 Å². The summed E-state index contributed by atoms with van der Waals surface area (Å²) in [6.07, 6.45) is -0.139. The number of carbonyl (C=O) groups excluding carboxylic acids is 1. The zero-order chi connectivity index (χ0) is 20.0. The largest absolute Gasteiger partial charge is 0.481 e. The molecular formula is C19H22N2O5S. The van der Waals surface area contributed by atoms with Crippen molar-refractivity contribution in [3.63, 3.8) is 0 Å². The highest BCUT2D eigenvalue weighted by molar-refractivity contribution is 7.89. The summed E-state index contributed by atoms with van der Waals surface area (Å²) in [5, 5.41) is 11.5. The lowest BCUT2D eigenvalue weighted by Gasteiger charge is -2.10. The second-order valence-electron chi connectivity index (χ2n) is 6.50. The molecule has 0 unspecified atom stereocenters. The van der Waals surface area contributed by atoms with E-state index in [2.05, 4.69) is 10.0 Å². The summed E-state index contributed by atoms with van der Waals surface area (Å²) in [4.78, 5) is 23.2. The van der Waals surface area contributed by atoms with Crippen LogP contribution in [0.15, 0.2) is 53.4 Å². The lowest BCUT2D eigenvalue weighted by atomic mass is 10.1. The van der Waals surface area contributed by atoms with Gasteiger partial charge < -0.3 is 10.4 Å². The number of benzene rings is 2. The summed E-state index contributed by atoms with van der Waals surface area (Å²) < 4.78 is 26.9. The molecule has 8 heteroatoms. The molecule has 3 N–H and O–H groups in total. The van der Waals surface area contributed by atoms with E-state index in [9.17, 15) is 18.0 Å². The van der Waals surface area contributed by atoms with Gasteiger partial charge in [0.1, 0.15) is 0 Å². The highest BCUT2D eigenvalue weighted by Crippen LogP contribution is 2.15. The molecule has 0 fully saturated rings. The topological polar surface area (TPSA) is 113 Å². The van der Waals surface area contributed by atoms with Gasteiger partial charge in [-0.1, -0.05) is 26.0 Å². The minimum absolute atomic E-state index is 0.0863. The molecule has 0 aliphatic rings. The summed E-state index contributed by atoms with van der Waals surface area (Å²) in [7, 11) is -3.61. The molecule has 27 heavy (non-hydrogen) atoms. The molecule has 2 rings (SSSR count). The van der Waals surface area contributed by atoms with Crippen LogP contribution in [0.3, 0.4) is 0 Å². The van der Waals surface area contributed by atoms with Crippen LogP contribution in [0, 0.1) is 5.92 Å². The maximum Gasteiger partial charge on any atom is 0.307 e. The molecule has 0 radical (unpaired) electrons. The molecule has 0 aliphatic heterocycles. The first-order valence-corrected chi connectivity index (χ1v) is 9.87. The monoisotopic (exact) mass is 390 g/mol. The number of amides is 1. The third-order valence-corrected chi connectivity index (χ3v) is 5.09. The molecule has 0 bridgehead atoms. The minimum atomic E-state index is -3.61. The smallest absolute Gasteiger partial charge is 0.307 e. The van der Waals surface area contributed by atoms with Gasteiger partial charge in [0, 0.05) is 17.8 Å². The molecule has 7 nitrogen and oxygen atoms in total. The van der Waals surface area contributed by atoms with Crippen molar-refractivity contribution in [1.82, 2.24) is 4.72 Å². The Morgan fingerprint density at radius 2 is 1.74 bits per heavy atom.